The van der Waals surface area contributed by atoms with Crippen LogP contribution in [0.15, 0.2) is 24.3 Å². The van der Waals surface area contributed by atoms with Crippen LogP contribution in [0, 0.1) is 11.8 Å². The van der Waals surface area contributed by atoms with Crippen LogP contribution in [-0.2, 0) is 4.79 Å². The largest absolute Gasteiger partial charge is 0.303 e. The molecule has 2 amide bonds. The van der Waals surface area contributed by atoms with Crippen LogP contribution in [-0.4, -0.2) is 29.5 Å². The first kappa shape index (κ1) is 10.2. The minimum absolute atomic E-state index is 0.0271. The van der Waals surface area contributed by atoms with E-state index in [0.717, 1.165) is 12.7 Å². The lowest BCUT2D eigenvalue weighted by Gasteiger charge is -2.12. The van der Waals surface area contributed by atoms with Crippen molar-refractivity contribution >= 4 is 18.1 Å². The highest BCUT2D eigenvalue weighted by atomic mass is 16.2. The third-order valence-electron chi connectivity index (χ3n) is 3.45. The fourth-order valence-corrected chi connectivity index (χ4v) is 2.29. The second kappa shape index (κ2) is 3.52. The molecular weight excluding hydrogens is 218 g/mol. The molecule has 86 valence electrons. The van der Waals surface area contributed by atoms with Gasteiger partial charge in [0.2, 0.25) is 0 Å². The van der Waals surface area contributed by atoms with E-state index in [1.54, 1.807) is 24.3 Å². The summed E-state index contributed by atoms with van der Waals surface area (Å²) in [6.45, 7) is 0.371. The van der Waals surface area contributed by atoms with Crippen molar-refractivity contribution in [2.75, 3.05) is 6.54 Å². The molecule has 4 heteroatoms. The third-order valence-corrected chi connectivity index (χ3v) is 3.45. The van der Waals surface area contributed by atoms with Gasteiger partial charge in [0.15, 0.2) is 0 Å². The average molecular weight is 229 g/mol. The van der Waals surface area contributed by atoms with Gasteiger partial charge in [-0.1, -0.05) is 12.1 Å². The van der Waals surface area contributed by atoms with Gasteiger partial charge in [-0.2, -0.15) is 0 Å². The van der Waals surface area contributed by atoms with Crippen molar-refractivity contribution in [3.8, 4) is 0 Å². The Morgan fingerprint density at radius 3 is 2.24 bits per heavy atom. The van der Waals surface area contributed by atoms with E-state index in [4.69, 9.17) is 0 Å². The Morgan fingerprint density at radius 2 is 1.76 bits per heavy atom. The summed E-state index contributed by atoms with van der Waals surface area (Å²) in [6, 6.07) is 6.83. The highest BCUT2D eigenvalue weighted by Crippen LogP contribution is 2.38. The number of carbonyl (C=O) groups is 3. The molecule has 1 aliphatic heterocycles. The molecule has 4 nitrogen and oxygen atoms in total. The molecule has 1 saturated carbocycles. The van der Waals surface area contributed by atoms with Gasteiger partial charge < -0.3 is 4.79 Å². The smallest absolute Gasteiger partial charge is 0.261 e. The highest BCUT2D eigenvalue weighted by Gasteiger charge is 2.43. The van der Waals surface area contributed by atoms with E-state index in [9.17, 15) is 14.4 Å². The van der Waals surface area contributed by atoms with Crippen LogP contribution >= 0.6 is 0 Å². The fraction of sp³-hybridized carbons (Fsp3) is 0.308. The number of nitrogens with zero attached hydrogens (tertiary/aromatic N) is 1. The second-order valence-electron chi connectivity index (χ2n) is 4.56. The molecule has 2 aliphatic rings. The lowest BCUT2D eigenvalue weighted by molar-refractivity contribution is -0.109. The van der Waals surface area contributed by atoms with Gasteiger partial charge >= 0.3 is 0 Å². The van der Waals surface area contributed by atoms with Gasteiger partial charge in [-0.15, -0.1) is 0 Å². The van der Waals surface area contributed by atoms with Crippen LogP contribution in [0.5, 0.6) is 0 Å². The van der Waals surface area contributed by atoms with E-state index in [1.165, 1.54) is 4.90 Å². The molecule has 0 N–H and O–H groups in total. The molecule has 0 saturated heterocycles. The van der Waals surface area contributed by atoms with Crippen LogP contribution in [0.4, 0.5) is 0 Å². The fourth-order valence-electron chi connectivity index (χ4n) is 2.29. The van der Waals surface area contributed by atoms with E-state index in [1.807, 2.05) is 0 Å². The van der Waals surface area contributed by atoms with E-state index in [-0.39, 0.29) is 23.7 Å². The molecule has 1 aromatic carbocycles. The zero-order chi connectivity index (χ0) is 12.0. The minimum Gasteiger partial charge on any atom is -0.303 e. The first-order valence-corrected chi connectivity index (χ1v) is 5.63. The topological polar surface area (TPSA) is 54.5 Å². The predicted octanol–water partition coefficient (Wildman–Crippen LogP) is 1.12. The van der Waals surface area contributed by atoms with Crippen LogP contribution in [0.2, 0.25) is 0 Å². The van der Waals surface area contributed by atoms with Gasteiger partial charge in [0, 0.05) is 12.5 Å². The van der Waals surface area contributed by atoms with Gasteiger partial charge in [0.1, 0.15) is 6.29 Å². The summed E-state index contributed by atoms with van der Waals surface area (Å²) in [6.07, 6.45) is 1.69. The molecule has 2 atom stereocenters. The first-order chi connectivity index (χ1) is 8.22. The number of hydrogen-bond donors (Lipinski definition) is 0. The number of benzene rings is 1. The Bertz CT molecular complexity index is 488. The first-order valence-electron chi connectivity index (χ1n) is 5.63. The second-order valence-corrected chi connectivity index (χ2v) is 4.56. The van der Waals surface area contributed by atoms with Crippen LogP contribution in [0.3, 0.4) is 0 Å². The van der Waals surface area contributed by atoms with E-state index in [2.05, 4.69) is 0 Å². The molecule has 3 rings (SSSR count). The average Bonchev–Trinajstić information content (AvgIpc) is 3.08. The number of carbonyl (C=O) groups excluding carboxylic acids is 3. The quantitative estimate of drug-likeness (QED) is 0.576. The van der Waals surface area contributed by atoms with E-state index in [0.29, 0.717) is 17.7 Å². The molecular formula is C13H11NO3. The Morgan fingerprint density at radius 1 is 1.18 bits per heavy atom. The van der Waals surface area contributed by atoms with Crippen molar-refractivity contribution in [1.29, 1.82) is 0 Å². The SMILES string of the molecule is O=CC1CC1CN1C(=O)c2ccccc2C1=O. The Kier molecular flexibility index (Phi) is 2.11. The summed E-state index contributed by atoms with van der Waals surface area (Å²) in [5.74, 6) is -0.279. The van der Waals surface area contributed by atoms with Gasteiger partial charge in [-0.3, -0.25) is 14.5 Å². The molecule has 0 spiro atoms. The maximum Gasteiger partial charge on any atom is 0.261 e. The zero-order valence-electron chi connectivity index (χ0n) is 9.13. The van der Waals surface area contributed by atoms with Crippen molar-refractivity contribution in [2.45, 2.75) is 6.42 Å². The number of imide groups is 1. The Labute approximate surface area is 98.2 Å². The molecule has 1 aromatic rings. The number of aldehydes is 1. The number of hydrogen-bond acceptors (Lipinski definition) is 3. The summed E-state index contributed by atoms with van der Waals surface area (Å²) in [4.78, 5) is 35.8. The van der Waals surface area contributed by atoms with Gasteiger partial charge in [-0.05, 0) is 24.5 Å². The lowest BCUT2D eigenvalue weighted by atomic mass is 10.1. The number of fused-ring (bicyclic) bond motifs is 1. The summed E-state index contributed by atoms with van der Waals surface area (Å²) in [5, 5.41) is 0. The van der Waals surface area contributed by atoms with Crippen LogP contribution in [0.25, 0.3) is 0 Å². The summed E-state index contributed by atoms with van der Waals surface area (Å²) < 4.78 is 0. The molecule has 1 heterocycles. The zero-order valence-corrected chi connectivity index (χ0v) is 9.13. The Hall–Kier alpha value is -1.97. The molecule has 17 heavy (non-hydrogen) atoms. The Balaban J connectivity index is 1.83. The van der Waals surface area contributed by atoms with Crippen molar-refractivity contribution in [3.05, 3.63) is 35.4 Å². The monoisotopic (exact) mass is 229 g/mol. The summed E-state index contributed by atoms with van der Waals surface area (Å²) >= 11 is 0. The maximum absolute atomic E-state index is 12.0. The van der Waals surface area contributed by atoms with Crippen molar-refractivity contribution in [3.63, 3.8) is 0 Å². The predicted molar refractivity (Wildman–Crippen MR) is 59.5 cm³/mol. The van der Waals surface area contributed by atoms with Gasteiger partial charge in [0.25, 0.3) is 11.8 Å². The van der Waals surface area contributed by atoms with E-state index < -0.39 is 0 Å². The molecule has 1 aliphatic carbocycles. The maximum atomic E-state index is 12.0. The minimum atomic E-state index is -0.234. The van der Waals surface area contributed by atoms with Gasteiger partial charge in [-0.25, -0.2) is 0 Å². The summed E-state index contributed by atoms with van der Waals surface area (Å²) in [7, 11) is 0. The van der Waals surface area contributed by atoms with Crippen molar-refractivity contribution < 1.29 is 14.4 Å². The third kappa shape index (κ3) is 1.48. The summed E-state index contributed by atoms with van der Waals surface area (Å²) in [5.41, 5.74) is 0.946. The van der Waals surface area contributed by atoms with Crippen LogP contribution < -0.4 is 0 Å². The molecule has 0 radical (unpaired) electrons. The molecule has 0 bridgehead atoms. The molecule has 0 aromatic heterocycles. The number of rotatable bonds is 3. The normalized spacial score (nSPS) is 26.0. The molecule has 1 fully saturated rings. The van der Waals surface area contributed by atoms with Crippen molar-refractivity contribution in [1.82, 2.24) is 4.90 Å². The van der Waals surface area contributed by atoms with Crippen molar-refractivity contribution in [2.24, 2.45) is 11.8 Å². The number of amides is 2. The van der Waals surface area contributed by atoms with E-state index >= 15 is 0 Å². The van der Waals surface area contributed by atoms with Crippen LogP contribution in [0.1, 0.15) is 27.1 Å². The highest BCUT2D eigenvalue weighted by molar-refractivity contribution is 6.21. The van der Waals surface area contributed by atoms with Gasteiger partial charge in [0.05, 0.1) is 11.1 Å². The standard InChI is InChI=1S/C13H11NO3/c15-7-9-5-8(9)6-14-12(16)10-3-1-2-4-11(10)13(14)17/h1-4,7-9H,5-6H2. The lowest BCUT2D eigenvalue weighted by Crippen LogP contribution is -2.32. The molecule has 2 unspecified atom stereocenters.